The lowest BCUT2D eigenvalue weighted by Crippen LogP contribution is -2.44. The van der Waals surface area contributed by atoms with Gasteiger partial charge in [0.1, 0.15) is 6.10 Å². The average Bonchev–Trinajstić information content (AvgIpc) is 2.54. The maximum Gasteiger partial charge on any atom is 0.317 e. The minimum atomic E-state index is -0.0578. The van der Waals surface area contributed by atoms with Crippen LogP contribution >= 0.6 is 0 Å². The molecule has 5 nitrogen and oxygen atoms in total. The number of aromatic nitrogens is 2. The van der Waals surface area contributed by atoms with Gasteiger partial charge in [-0.15, -0.1) is 0 Å². The zero-order valence-corrected chi connectivity index (χ0v) is 13.5. The Bertz CT molecular complexity index is 668. The van der Waals surface area contributed by atoms with E-state index in [0.29, 0.717) is 12.6 Å². The quantitative estimate of drug-likeness (QED) is 0.874. The number of carbonyl (C=O) groups excluding carboxylic acids is 1. The Morgan fingerprint density at radius 3 is 2.57 bits per heavy atom. The van der Waals surface area contributed by atoms with Gasteiger partial charge in [-0.05, 0) is 44.9 Å². The van der Waals surface area contributed by atoms with Crippen molar-refractivity contribution in [3.63, 3.8) is 0 Å². The summed E-state index contributed by atoms with van der Waals surface area (Å²) >= 11 is 0. The van der Waals surface area contributed by atoms with E-state index < -0.39 is 0 Å². The van der Waals surface area contributed by atoms with Gasteiger partial charge < -0.3 is 9.64 Å². The van der Waals surface area contributed by atoms with Crippen LogP contribution in [0.25, 0.3) is 0 Å². The number of amides is 1. The van der Waals surface area contributed by atoms with E-state index in [9.17, 15) is 4.79 Å². The van der Waals surface area contributed by atoms with Crippen LogP contribution in [0.4, 0.5) is 0 Å². The van der Waals surface area contributed by atoms with Crippen LogP contribution in [0.5, 0.6) is 6.01 Å². The summed E-state index contributed by atoms with van der Waals surface area (Å²) in [5, 5.41) is 0. The molecule has 1 aliphatic heterocycles. The van der Waals surface area contributed by atoms with Crippen LogP contribution < -0.4 is 4.74 Å². The molecular weight excluding hydrogens is 290 g/mol. The molecule has 3 rings (SSSR count). The molecule has 1 amide bonds. The van der Waals surface area contributed by atoms with Crippen molar-refractivity contribution in [2.75, 3.05) is 13.1 Å². The summed E-state index contributed by atoms with van der Waals surface area (Å²) in [6, 6.07) is 11.7. The summed E-state index contributed by atoms with van der Waals surface area (Å²) in [4.78, 5) is 23.0. The summed E-state index contributed by atoms with van der Waals surface area (Å²) < 4.78 is 5.92. The first-order chi connectivity index (χ1) is 11.1. The van der Waals surface area contributed by atoms with Gasteiger partial charge >= 0.3 is 6.01 Å². The molecule has 1 fully saturated rings. The molecule has 0 aliphatic carbocycles. The maximum atomic E-state index is 12.5. The first-order valence-corrected chi connectivity index (χ1v) is 7.95. The number of aryl methyl sites for hydroxylation is 2. The van der Waals surface area contributed by atoms with Crippen LogP contribution in [0.15, 0.2) is 36.4 Å². The predicted octanol–water partition coefficient (Wildman–Crippen LogP) is 2.78. The lowest BCUT2D eigenvalue weighted by atomic mass is 10.1. The van der Waals surface area contributed by atoms with Gasteiger partial charge in [0.2, 0.25) is 0 Å². The molecule has 5 heteroatoms. The van der Waals surface area contributed by atoms with Crippen molar-refractivity contribution < 1.29 is 9.53 Å². The second-order valence-electron chi connectivity index (χ2n) is 5.93. The minimum Gasteiger partial charge on any atom is -0.458 e. The fourth-order valence-corrected chi connectivity index (χ4v) is 2.88. The standard InChI is InChI=1S/C18H21N3O2/c1-13-11-14(2)20-18(19-13)23-16-9-6-10-21(12-16)17(22)15-7-4-3-5-8-15/h3-5,7-8,11,16H,6,9-10,12H2,1-2H3. The number of nitrogens with zero attached hydrogens (tertiary/aromatic N) is 3. The zero-order valence-electron chi connectivity index (χ0n) is 13.5. The Morgan fingerprint density at radius 2 is 1.87 bits per heavy atom. The van der Waals surface area contributed by atoms with Gasteiger partial charge in [0.15, 0.2) is 0 Å². The molecule has 2 aromatic rings. The average molecular weight is 311 g/mol. The summed E-state index contributed by atoms with van der Waals surface area (Å²) in [5.74, 6) is 0.0558. The van der Waals surface area contributed by atoms with E-state index in [4.69, 9.17) is 4.74 Å². The van der Waals surface area contributed by atoms with E-state index >= 15 is 0 Å². The van der Waals surface area contributed by atoms with Crippen molar-refractivity contribution in [2.45, 2.75) is 32.8 Å². The first-order valence-electron chi connectivity index (χ1n) is 7.95. The Kier molecular flexibility index (Phi) is 4.55. The normalized spacial score (nSPS) is 17.8. The molecule has 120 valence electrons. The number of likely N-dealkylation sites (tertiary alicyclic amines) is 1. The Morgan fingerprint density at radius 1 is 1.17 bits per heavy atom. The molecule has 0 radical (unpaired) electrons. The molecule has 1 unspecified atom stereocenters. The number of hydrogen-bond acceptors (Lipinski definition) is 4. The Labute approximate surface area is 136 Å². The van der Waals surface area contributed by atoms with Crippen LogP contribution in [-0.2, 0) is 0 Å². The van der Waals surface area contributed by atoms with E-state index in [1.807, 2.05) is 55.1 Å². The second kappa shape index (κ2) is 6.77. The van der Waals surface area contributed by atoms with Crippen molar-refractivity contribution in [2.24, 2.45) is 0 Å². The number of carbonyl (C=O) groups is 1. The fourth-order valence-electron chi connectivity index (χ4n) is 2.88. The van der Waals surface area contributed by atoms with Gasteiger partial charge in [0.05, 0.1) is 6.54 Å². The van der Waals surface area contributed by atoms with Crippen LogP contribution in [0, 0.1) is 13.8 Å². The largest absolute Gasteiger partial charge is 0.458 e. The minimum absolute atomic E-state index is 0.0558. The van der Waals surface area contributed by atoms with Crippen molar-refractivity contribution >= 4 is 5.91 Å². The lowest BCUT2D eigenvalue weighted by Gasteiger charge is -2.32. The Hall–Kier alpha value is -2.43. The topological polar surface area (TPSA) is 55.3 Å². The molecule has 0 saturated carbocycles. The molecular formula is C18H21N3O2. The predicted molar refractivity (Wildman–Crippen MR) is 87.5 cm³/mol. The van der Waals surface area contributed by atoms with Crippen LogP contribution in [0.3, 0.4) is 0 Å². The third kappa shape index (κ3) is 3.86. The fraction of sp³-hybridized carbons (Fsp3) is 0.389. The highest BCUT2D eigenvalue weighted by Crippen LogP contribution is 2.18. The van der Waals surface area contributed by atoms with E-state index in [-0.39, 0.29) is 12.0 Å². The smallest absolute Gasteiger partial charge is 0.317 e. The van der Waals surface area contributed by atoms with E-state index in [1.54, 1.807) is 0 Å². The highest BCUT2D eigenvalue weighted by atomic mass is 16.5. The highest BCUT2D eigenvalue weighted by molar-refractivity contribution is 5.94. The van der Waals surface area contributed by atoms with Crippen LogP contribution in [-0.4, -0.2) is 40.0 Å². The van der Waals surface area contributed by atoms with Gasteiger partial charge in [-0.1, -0.05) is 18.2 Å². The second-order valence-corrected chi connectivity index (χ2v) is 5.93. The van der Waals surface area contributed by atoms with Crippen molar-refractivity contribution in [3.8, 4) is 6.01 Å². The summed E-state index contributed by atoms with van der Waals surface area (Å²) in [6.07, 6.45) is 1.78. The van der Waals surface area contributed by atoms with Gasteiger partial charge in [-0.3, -0.25) is 4.79 Å². The van der Waals surface area contributed by atoms with Crippen LogP contribution in [0.2, 0.25) is 0 Å². The lowest BCUT2D eigenvalue weighted by molar-refractivity contribution is 0.0515. The number of hydrogen-bond donors (Lipinski definition) is 0. The number of benzene rings is 1. The zero-order chi connectivity index (χ0) is 16.2. The van der Waals surface area contributed by atoms with E-state index in [0.717, 1.165) is 36.3 Å². The van der Waals surface area contributed by atoms with Gasteiger partial charge in [0, 0.05) is 23.5 Å². The van der Waals surface area contributed by atoms with Crippen LogP contribution in [0.1, 0.15) is 34.6 Å². The molecule has 0 spiro atoms. The summed E-state index contributed by atoms with van der Waals surface area (Å²) in [5.41, 5.74) is 2.50. The van der Waals surface area contributed by atoms with Crippen molar-refractivity contribution in [1.82, 2.24) is 14.9 Å². The Balaban J connectivity index is 1.67. The first kappa shape index (κ1) is 15.5. The molecule has 2 heterocycles. The molecule has 0 bridgehead atoms. The van der Waals surface area contributed by atoms with Gasteiger partial charge in [-0.25, -0.2) is 9.97 Å². The van der Waals surface area contributed by atoms with E-state index in [2.05, 4.69) is 9.97 Å². The maximum absolute atomic E-state index is 12.5. The van der Waals surface area contributed by atoms with Gasteiger partial charge in [0.25, 0.3) is 5.91 Å². The SMILES string of the molecule is Cc1cc(C)nc(OC2CCCN(C(=O)c3ccccc3)C2)n1. The summed E-state index contributed by atoms with van der Waals surface area (Å²) in [7, 11) is 0. The number of rotatable bonds is 3. The third-order valence-electron chi connectivity index (χ3n) is 3.92. The third-order valence-corrected chi connectivity index (χ3v) is 3.92. The molecule has 1 saturated heterocycles. The molecule has 1 atom stereocenters. The molecule has 23 heavy (non-hydrogen) atoms. The monoisotopic (exact) mass is 311 g/mol. The number of ether oxygens (including phenoxy) is 1. The number of piperidine rings is 1. The van der Waals surface area contributed by atoms with Crippen molar-refractivity contribution in [1.29, 1.82) is 0 Å². The molecule has 0 N–H and O–H groups in total. The molecule has 1 aromatic heterocycles. The highest BCUT2D eigenvalue weighted by Gasteiger charge is 2.26. The van der Waals surface area contributed by atoms with Crippen molar-refractivity contribution in [3.05, 3.63) is 53.3 Å². The molecule has 1 aliphatic rings. The molecule has 1 aromatic carbocycles. The summed E-state index contributed by atoms with van der Waals surface area (Å²) in [6.45, 7) is 5.19. The van der Waals surface area contributed by atoms with E-state index in [1.165, 1.54) is 0 Å². The van der Waals surface area contributed by atoms with Gasteiger partial charge in [-0.2, -0.15) is 0 Å².